The van der Waals surface area contributed by atoms with Gasteiger partial charge in [-0.15, -0.1) is 0 Å². The highest BCUT2D eigenvalue weighted by Gasteiger charge is 2.36. The molecule has 1 heterocycles. The largest absolute Gasteiger partial charge is 0.398 e. The number of Topliss-reactive ketones (excluding diaryl/α,β-unsaturated/α-hetero) is 1. The predicted molar refractivity (Wildman–Crippen MR) is 72.9 cm³/mol. The van der Waals surface area contributed by atoms with Crippen LogP contribution in [0.4, 0.5) is 11.4 Å². The van der Waals surface area contributed by atoms with Crippen LogP contribution in [0, 0.1) is 0 Å². The molecule has 1 aliphatic rings. The molecule has 1 saturated heterocycles. The third-order valence-corrected chi connectivity index (χ3v) is 3.75. The summed E-state index contributed by atoms with van der Waals surface area (Å²) in [5.74, 6) is -0.0166. The molecule has 0 amide bonds. The number of nitrogens with two attached hydrogens (primary N) is 1. The molecular formula is C14H20N2O2. The standard InChI is InChI=1S/C14H20N2O2/c1-9(17)12-8-11(4-5-13(12)15)16-14(3)6-7-18-10(14)2/h4-5,8,10,16H,6-7,15H2,1-3H3. The van der Waals surface area contributed by atoms with E-state index in [0.29, 0.717) is 11.3 Å². The molecule has 1 fully saturated rings. The lowest BCUT2D eigenvalue weighted by atomic mass is 9.94. The lowest BCUT2D eigenvalue weighted by Crippen LogP contribution is -2.41. The summed E-state index contributed by atoms with van der Waals surface area (Å²) in [7, 11) is 0. The highest BCUT2D eigenvalue weighted by molar-refractivity contribution is 6.00. The van der Waals surface area contributed by atoms with Gasteiger partial charge >= 0.3 is 0 Å². The van der Waals surface area contributed by atoms with Gasteiger partial charge in [0.25, 0.3) is 0 Å². The number of ether oxygens (including phenoxy) is 1. The van der Waals surface area contributed by atoms with Gasteiger partial charge in [-0.2, -0.15) is 0 Å². The molecule has 4 nitrogen and oxygen atoms in total. The van der Waals surface area contributed by atoms with E-state index in [1.165, 1.54) is 6.92 Å². The molecule has 3 N–H and O–H groups in total. The van der Waals surface area contributed by atoms with Crippen LogP contribution in [0.25, 0.3) is 0 Å². The lowest BCUT2D eigenvalue weighted by Gasteiger charge is -2.30. The summed E-state index contributed by atoms with van der Waals surface area (Å²) in [5.41, 5.74) is 7.69. The zero-order valence-electron chi connectivity index (χ0n) is 11.1. The fraction of sp³-hybridized carbons (Fsp3) is 0.500. The molecule has 4 heteroatoms. The van der Waals surface area contributed by atoms with Crippen molar-refractivity contribution in [2.75, 3.05) is 17.7 Å². The maximum absolute atomic E-state index is 11.5. The van der Waals surface area contributed by atoms with Gasteiger partial charge in [0, 0.05) is 23.5 Å². The molecule has 2 atom stereocenters. The fourth-order valence-corrected chi connectivity index (χ4v) is 2.27. The minimum atomic E-state index is -0.0931. The molecule has 2 unspecified atom stereocenters. The average molecular weight is 248 g/mol. The molecule has 1 aromatic rings. The van der Waals surface area contributed by atoms with Crippen molar-refractivity contribution in [2.24, 2.45) is 0 Å². The quantitative estimate of drug-likeness (QED) is 0.637. The first-order chi connectivity index (χ1) is 8.42. The molecule has 98 valence electrons. The topological polar surface area (TPSA) is 64.3 Å². The normalized spacial score (nSPS) is 27.2. The van der Waals surface area contributed by atoms with Gasteiger partial charge in [-0.25, -0.2) is 0 Å². The summed E-state index contributed by atoms with van der Waals surface area (Å²) in [6, 6.07) is 5.48. The maximum Gasteiger partial charge on any atom is 0.161 e. The molecule has 18 heavy (non-hydrogen) atoms. The van der Waals surface area contributed by atoms with Gasteiger partial charge < -0.3 is 15.8 Å². The van der Waals surface area contributed by atoms with E-state index in [1.807, 2.05) is 12.1 Å². The van der Waals surface area contributed by atoms with Crippen LogP contribution in [0.3, 0.4) is 0 Å². The summed E-state index contributed by atoms with van der Waals surface area (Å²) >= 11 is 0. The first kappa shape index (κ1) is 12.9. The van der Waals surface area contributed by atoms with Gasteiger partial charge in [0.15, 0.2) is 5.78 Å². The van der Waals surface area contributed by atoms with E-state index in [-0.39, 0.29) is 17.4 Å². The van der Waals surface area contributed by atoms with Crippen molar-refractivity contribution in [2.45, 2.75) is 38.8 Å². The summed E-state index contributed by atoms with van der Waals surface area (Å²) in [4.78, 5) is 11.5. The first-order valence-corrected chi connectivity index (χ1v) is 6.22. The zero-order valence-corrected chi connectivity index (χ0v) is 11.1. The van der Waals surface area contributed by atoms with Crippen LogP contribution >= 0.6 is 0 Å². The monoisotopic (exact) mass is 248 g/mol. The summed E-state index contributed by atoms with van der Waals surface area (Å²) in [5, 5.41) is 3.46. The van der Waals surface area contributed by atoms with Crippen molar-refractivity contribution in [1.82, 2.24) is 0 Å². The number of ketones is 1. The van der Waals surface area contributed by atoms with Crippen LogP contribution in [0.1, 0.15) is 37.6 Å². The smallest absolute Gasteiger partial charge is 0.161 e. The zero-order chi connectivity index (χ0) is 13.3. The average Bonchev–Trinajstić information content (AvgIpc) is 2.62. The third kappa shape index (κ3) is 2.34. The summed E-state index contributed by atoms with van der Waals surface area (Å²) in [6.07, 6.45) is 1.10. The van der Waals surface area contributed by atoms with E-state index in [2.05, 4.69) is 19.2 Å². The number of carbonyl (C=O) groups is 1. The minimum absolute atomic E-state index is 0.0166. The van der Waals surface area contributed by atoms with E-state index in [1.54, 1.807) is 6.07 Å². The Hall–Kier alpha value is -1.55. The number of anilines is 2. The number of hydrogen-bond donors (Lipinski definition) is 2. The first-order valence-electron chi connectivity index (χ1n) is 6.22. The Morgan fingerprint density at radius 1 is 1.56 bits per heavy atom. The maximum atomic E-state index is 11.5. The van der Waals surface area contributed by atoms with Crippen molar-refractivity contribution >= 4 is 17.2 Å². The summed E-state index contributed by atoms with van der Waals surface area (Å²) in [6.45, 7) is 6.48. The number of rotatable bonds is 3. The highest BCUT2D eigenvalue weighted by Crippen LogP contribution is 2.30. The number of nitrogens with one attached hydrogen (secondary N) is 1. The van der Waals surface area contributed by atoms with Crippen molar-refractivity contribution in [1.29, 1.82) is 0 Å². The van der Waals surface area contributed by atoms with E-state index < -0.39 is 0 Å². The second-order valence-electron chi connectivity index (χ2n) is 5.16. The van der Waals surface area contributed by atoms with Gasteiger partial charge in [-0.1, -0.05) is 0 Å². The van der Waals surface area contributed by atoms with Gasteiger partial charge in [0.05, 0.1) is 11.6 Å². The van der Waals surface area contributed by atoms with Gasteiger partial charge in [0.1, 0.15) is 0 Å². The van der Waals surface area contributed by atoms with Crippen molar-refractivity contribution in [3.63, 3.8) is 0 Å². The minimum Gasteiger partial charge on any atom is -0.398 e. The van der Waals surface area contributed by atoms with Crippen molar-refractivity contribution < 1.29 is 9.53 Å². The van der Waals surface area contributed by atoms with Gasteiger partial charge in [-0.3, -0.25) is 4.79 Å². The van der Waals surface area contributed by atoms with Crippen LogP contribution in [0.2, 0.25) is 0 Å². The Bertz CT molecular complexity index is 473. The molecule has 1 aromatic carbocycles. The van der Waals surface area contributed by atoms with Gasteiger partial charge in [-0.05, 0) is 45.4 Å². The highest BCUT2D eigenvalue weighted by atomic mass is 16.5. The molecule has 0 saturated carbocycles. The molecule has 2 rings (SSSR count). The third-order valence-electron chi connectivity index (χ3n) is 3.75. The van der Waals surface area contributed by atoms with Crippen molar-refractivity contribution in [3.8, 4) is 0 Å². The molecule has 0 radical (unpaired) electrons. The SMILES string of the molecule is CC(=O)c1cc(NC2(C)CCOC2C)ccc1N. The second kappa shape index (κ2) is 4.61. The lowest BCUT2D eigenvalue weighted by molar-refractivity contribution is 0.101. The van der Waals surface area contributed by atoms with E-state index in [9.17, 15) is 4.79 Å². The predicted octanol–water partition coefficient (Wildman–Crippen LogP) is 2.45. The van der Waals surface area contributed by atoms with Crippen LogP contribution in [-0.4, -0.2) is 24.0 Å². The number of nitrogen functional groups attached to an aromatic ring is 1. The van der Waals surface area contributed by atoms with Crippen molar-refractivity contribution in [3.05, 3.63) is 23.8 Å². The Kier molecular flexibility index (Phi) is 3.30. The number of benzene rings is 1. The van der Waals surface area contributed by atoms with Crippen LogP contribution in [0.15, 0.2) is 18.2 Å². The number of hydrogen-bond acceptors (Lipinski definition) is 4. The van der Waals surface area contributed by atoms with E-state index in [4.69, 9.17) is 10.5 Å². The van der Waals surface area contributed by atoms with E-state index in [0.717, 1.165) is 18.7 Å². The molecule has 0 aromatic heterocycles. The summed E-state index contributed by atoms with van der Waals surface area (Å²) < 4.78 is 5.59. The molecule has 0 spiro atoms. The molecule has 0 aliphatic carbocycles. The Balaban J connectivity index is 2.25. The second-order valence-corrected chi connectivity index (χ2v) is 5.16. The fourth-order valence-electron chi connectivity index (χ4n) is 2.27. The molecular weight excluding hydrogens is 228 g/mol. The van der Waals surface area contributed by atoms with Crippen LogP contribution in [-0.2, 0) is 4.74 Å². The number of carbonyl (C=O) groups excluding carboxylic acids is 1. The van der Waals surface area contributed by atoms with E-state index >= 15 is 0 Å². The van der Waals surface area contributed by atoms with Gasteiger partial charge in [0.2, 0.25) is 0 Å². The molecule has 0 bridgehead atoms. The Morgan fingerprint density at radius 3 is 2.83 bits per heavy atom. The van der Waals surface area contributed by atoms with Crippen LogP contribution in [0.5, 0.6) is 0 Å². The Labute approximate surface area is 108 Å². The van der Waals surface area contributed by atoms with Crippen LogP contribution < -0.4 is 11.1 Å². The Morgan fingerprint density at radius 2 is 2.28 bits per heavy atom. The molecule has 1 aliphatic heterocycles.